The van der Waals surface area contributed by atoms with Crippen molar-refractivity contribution in [3.05, 3.63) is 53.5 Å². The molecule has 0 aliphatic carbocycles. The minimum Gasteiger partial charge on any atom is -0.486 e. The zero-order valence-electron chi connectivity index (χ0n) is 12.7. The average molecular weight is 273 g/mol. The van der Waals surface area contributed by atoms with Gasteiger partial charge < -0.3 is 14.5 Å². The molecular formula is C17H23NO2. The zero-order valence-corrected chi connectivity index (χ0v) is 12.7. The second-order valence-electron chi connectivity index (χ2n) is 6.13. The number of benzene rings is 1. The van der Waals surface area contributed by atoms with Gasteiger partial charge in [0.05, 0.1) is 6.26 Å². The van der Waals surface area contributed by atoms with Crippen LogP contribution in [0.1, 0.15) is 37.7 Å². The summed E-state index contributed by atoms with van der Waals surface area (Å²) in [5, 5.41) is 3.43. The third-order valence-electron chi connectivity index (χ3n) is 2.90. The van der Waals surface area contributed by atoms with Crippen LogP contribution in [0, 0.1) is 6.92 Å². The van der Waals surface area contributed by atoms with E-state index < -0.39 is 0 Å². The number of aryl methyl sites for hydroxylation is 1. The summed E-state index contributed by atoms with van der Waals surface area (Å²) >= 11 is 0. The van der Waals surface area contributed by atoms with Crippen LogP contribution in [0.2, 0.25) is 0 Å². The molecule has 0 saturated heterocycles. The first-order valence-corrected chi connectivity index (χ1v) is 6.93. The van der Waals surface area contributed by atoms with Crippen molar-refractivity contribution < 1.29 is 9.15 Å². The highest BCUT2D eigenvalue weighted by molar-refractivity contribution is 5.27. The van der Waals surface area contributed by atoms with Gasteiger partial charge >= 0.3 is 0 Å². The van der Waals surface area contributed by atoms with Crippen LogP contribution < -0.4 is 10.1 Å². The van der Waals surface area contributed by atoms with Crippen molar-refractivity contribution in [1.82, 2.24) is 5.32 Å². The molecule has 0 atom stereocenters. The van der Waals surface area contributed by atoms with Crippen LogP contribution in [0.3, 0.4) is 0 Å². The van der Waals surface area contributed by atoms with Crippen LogP contribution in [0.25, 0.3) is 0 Å². The average Bonchev–Trinajstić information content (AvgIpc) is 2.81. The summed E-state index contributed by atoms with van der Waals surface area (Å²) < 4.78 is 11.2. The second-order valence-corrected chi connectivity index (χ2v) is 6.13. The SMILES string of the molecule is Cc1cccc(OCc2cc(CNC(C)(C)C)co2)c1. The topological polar surface area (TPSA) is 34.4 Å². The molecule has 0 radical (unpaired) electrons. The lowest BCUT2D eigenvalue weighted by atomic mass is 10.1. The summed E-state index contributed by atoms with van der Waals surface area (Å²) in [7, 11) is 0. The fourth-order valence-corrected chi connectivity index (χ4v) is 1.82. The van der Waals surface area contributed by atoms with E-state index in [1.807, 2.05) is 24.3 Å². The van der Waals surface area contributed by atoms with Crippen molar-refractivity contribution in [2.24, 2.45) is 0 Å². The molecule has 0 aliphatic heterocycles. The summed E-state index contributed by atoms with van der Waals surface area (Å²) in [4.78, 5) is 0. The van der Waals surface area contributed by atoms with Crippen LogP contribution in [-0.2, 0) is 13.2 Å². The molecule has 2 aromatic rings. The van der Waals surface area contributed by atoms with Gasteiger partial charge in [-0.2, -0.15) is 0 Å². The number of hydrogen-bond donors (Lipinski definition) is 1. The molecular weight excluding hydrogens is 250 g/mol. The van der Waals surface area contributed by atoms with Crippen LogP contribution in [-0.4, -0.2) is 5.54 Å². The number of ether oxygens (including phenoxy) is 1. The summed E-state index contributed by atoms with van der Waals surface area (Å²) in [5.41, 5.74) is 2.44. The lowest BCUT2D eigenvalue weighted by Crippen LogP contribution is -2.34. The van der Waals surface area contributed by atoms with Crippen molar-refractivity contribution in [3.63, 3.8) is 0 Å². The van der Waals surface area contributed by atoms with E-state index in [9.17, 15) is 0 Å². The van der Waals surface area contributed by atoms with Crippen molar-refractivity contribution in [1.29, 1.82) is 0 Å². The van der Waals surface area contributed by atoms with E-state index in [-0.39, 0.29) is 5.54 Å². The molecule has 0 saturated carbocycles. The monoisotopic (exact) mass is 273 g/mol. The smallest absolute Gasteiger partial charge is 0.146 e. The Morgan fingerprint density at radius 1 is 1.20 bits per heavy atom. The van der Waals surface area contributed by atoms with Gasteiger partial charge in [-0.1, -0.05) is 12.1 Å². The maximum absolute atomic E-state index is 5.72. The molecule has 20 heavy (non-hydrogen) atoms. The molecule has 0 bridgehead atoms. The zero-order chi connectivity index (χ0) is 14.6. The molecule has 0 amide bonds. The quantitative estimate of drug-likeness (QED) is 0.892. The second kappa shape index (κ2) is 6.14. The van der Waals surface area contributed by atoms with Gasteiger partial charge in [0.2, 0.25) is 0 Å². The predicted octanol–water partition coefficient (Wildman–Crippen LogP) is 4.06. The molecule has 0 spiro atoms. The van der Waals surface area contributed by atoms with Crippen LogP contribution in [0.5, 0.6) is 5.75 Å². The minimum absolute atomic E-state index is 0.107. The van der Waals surface area contributed by atoms with Crippen molar-refractivity contribution in [2.75, 3.05) is 0 Å². The molecule has 1 aromatic heterocycles. The predicted molar refractivity (Wildman–Crippen MR) is 80.8 cm³/mol. The first kappa shape index (κ1) is 14.7. The molecule has 2 rings (SSSR count). The van der Waals surface area contributed by atoms with Gasteiger partial charge in [0, 0.05) is 17.6 Å². The largest absolute Gasteiger partial charge is 0.486 e. The van der Waals surface area contributed by atoms with E-state index >= 15 is 0 Å². The van der Waals surface area contributed by atoms with E-state index in [0.29, 0.717) is 6.61 Å². The Kier molecular flexibility index (Phi) is 4.50. The van der Waals surface area contributed by atoms with Gasteiger partial charge in [-0.15, -0.1) is 0 Å². The van der Waals surface area contributed by atoms with Gasteiger partial charge in [0.15, 0.2) is 0 Å². The summed E-state index contributed by atoms with van der Waals surface area (Å²) in [6.45, 7) is 9.75. The fraction of sp³-hybridized carbons (Fsp3) is 0.412. The maximum atomic E-state index is 5.72. The molecule has 3 nitrogen and oxygen atoms in total. The number of nitrogens with one attached hydrogen (secondary N) is 1. The van der Waals surface area contributed by atoms with Crippen molar-refractivity contribution in [3.8, 4) is 5.75 Å². The maximum Gasteiger partial charge on any atom is 0.146 e. The first-order valence-electron chi connectivity index (χ1n) is 6.93. The van der Waals surface area contributed by atoms with E-state index in [2.05, 4.69) is 39.1 Å². The fourth-order valence-electron chi connectivity index (χ4n) is 1.82. The molecule has 0 fully saturated rings. The standard InChI is InChI=1S/C17H23NO2/c1-13-6-5-7-15(8-13)20-12-16-9-14(11-19-16)10-18-17(2,3)4/h5-9,11,18H,10,12H2,1-4H3. The normalized spacial score (nSPS) is 11.6. The van der Waals surface area contributed by atoms with E-state index in [4.69, 9.17) is 9.15 Å². The van der Waals surface area contributed by atoms with Gasteiger partial charge in [-0.25, -0.2) is 0 Å². The first-order chi connectivity index (χ1) is 9.42. The Balaban J connectivity index is 1.87. The molecule has 3 heteroatoms. The Bertz CT molecular complexity index is 552. The molecule has 108 valence electrons. The van der Waals surface area contributed by atoms with E-state index in [1.165, 1.54) is 5.56 Å². The molecule has 0 aliphatic rings. The Hall–Kier alpha value is -1.74. The lowest BCUT2D eigenvalue weighted by molar-refractivity contribution is 0.270. The van der Waals surface area contributed by atoms with Crippen LogP contribution in [0.4, 0.5) is 0 Å². The van der Waals surface area contributed by atoms with Gasteiger partial charge in [-0.3, -0.25) is 0 Å². The summed E-state index contributed by atoms with van der Waals surface area (Å²) in [6, 6.07) is 10.1. The molecule has 1 N–H and O–H groups in total. The highest BCUT2D eigenvalue weighted by Gasteiger charge is 2.10. The van der Waals surface area contributed by atoms with Crippen LogP contribution >= 0.6 is 0 Å². The Labute approximate surface area is 121 Å². The molecule has 1 aromatic carbocycles. The number of furan rings is 1. The third-order valence-corrected chi connectivity index (χ3v) is 2.90. The van der Waals surface area contributed by atoms with Gasteiger partial charge in [0.25, 0.3) is 0 Å². The Morgan fingerprint density at radius 3 is 2.70 bits per heavy atom. The van der Waals surface area contributed by atoms with Gasteiger partial charge in [-0.05, 0) is 51.5 Å². The molecule has 0 unspecified atom stereocenters. The lowest BCUT2D eigenvalue weighted by Gasteiger charge is -2.19. The number of hydrogen-bond acceptors (Lipinski definition) is 3. The minimum atomic E-state index is 0.107. The third kappa shape index (κ3) is 4.74. The Morgan fingerprint density at radius 2 is 2.00 bits per heavy atom. The van der Waals surface area contributed by atoms with Crippen LogP contribution in [0.15, 0.2) is 41.0 Å². The van der Waals surface area contributed by atoms with Crippen molar-refractivity contribution >= 4 is 0 Å². The molecule has 1 heterocycles. The highest BCUT2D eigenvalue weighted by atomic mass is 16.5. The van der Waals surface area contributed by atoms with Gasteiger partial charge in [0.1, 0.15) is 18.1 Å². The van der Waals surface area contributed by atoms with E-state index in [0.717, 1.165) is 23.6 Å². The van der Waals surface area contributed by atoms with Crippen molar-refractivity contribution in [2.45, 2.75) is 46.4 Å². The highest BCUT2D eigenvalue weighted by Crippen LogP contribution is 2.16. The van der Waals surface area contributed by atoms with E-state index in [1.54, 1.807) is 6.26 Å². The summed E-state index contributed by atoms with van der Waals surface area (Å²) in [5.74, 6) is 1.72. The number of rotatable bonds is 5. The summed E-state index contributed by atoms with van der Waals surface area (Å²) in [6.07, 6.45) is 1.79.